The maximum atomic E-state index is 12.5. The number of aryl methyl sites for hydroxylation is 1. The van der Waals surface area contributed by atoms with E-state index in [1.165, 1.54) is 0 Å². The van der Waals surface area contributed by atoms with Crippen molar-refractivity contribution in [2.75, 3.05) is 0 Å². The summed E-state index contributed by atoms with van der Waals surface area (Å²) in [4.78, 5) is 28.3. The predicted molar refractivity (Wildman–Crippen MR) is 101 cm³/mol. The summed E-state index contributed by atoms with van der Waals surface area (Å²) >= 11 is 0. The Kier molecular flexibility index (Phi) is 4.19. The van der Waals surface area contributed by atoms with Crippen molar-refractivity contribution in [2.45, 2.75) is 26.2 Å². The van der Waals surface area contributed by atoms with Gasteiger partial charge in [-0.2, -0.15) is 5.10 Å². The minimum absolute atomic E-state index is 0.150. The molecular formula is C20H18N4O3. The first-order valence-electron chi connectivity index (χ1n) is 8.69. The van der Waals surface area contributed by atoms with E-state index in [2.05, 4.69) is 15.5 Å². The molecule has 3 aromatic rings. The Bertz CT molecular complexity index is 1100. The number of primary amides is 1. The number of amides is 2. The van der Waals surface area contributed by atoms with Gasteiger partial charge < -0.3 is 10.2 Å². The van der Waals surface area contributed by atoms with Gasteiger partial charge in [-0.25, -0.2) is 10.4 Å². The van der Waals surface area contributed by atoms with Crippen LogP contribution in [0.15, 0.2) is 45.9 Å². The maximum absolute atomic E-state index is 12.5. The van der Waals surface area contributed by atoms with Crippen LogP contribution in [-0.2, 0) is 6.42 Å². The molecule has 0 saturated carbocycles. The molecule has 0 aliphatic heterocycles. The minimum atomic E-state index is -0.606. The highest BCUT2D eigenvalue weighted by molar-refractivity contribution is 6.07. The number of carbonyl (C=O) groups is 2. The first-order chi connectivity index (χ1) is 13.0. The molecule has 2 amide bonds. The molecule has 2 aromatic heterocycles. The van der Waals surface area contributed by atoms with Crippen molar-refractivity contribution in [1.29, 1.82) is 0 Å². The molecule has 3 N–H and O–H groups in total. The zero-order valence-electron chi connectivity index (χ0n) is 14.8. The average molecular weight is 362 g/mol. The molecule has 0 spiro atoms. The minimum Gasteiger partial charge on any atom is -0.455 e. The van der Waals surface area contributed by atoms with E-state index in [1.54, 1.807) is 13.0 Å². The van der Waals surface area contributed by atoms with E-state index < -0.39 is 11.8 Å². The van der Waals surface area contributed by atoms with Gasteiger partial charge in [-0.15, -0.1) is 0 Å². The maximum Gasteiger partial charge on any atom is 0.289 e. The highest BCUT2D eigenvalue weighted by atomic mass is 16.4. The van der Waals surface area contributed by atoms with Crippen LogP contribution in [0.2, 0.25) is 0 Å². The van der Waals surface area contributed by atoms with Crippen molar-refractivity contribution in [3.63, 3.8) is 0 Å². The Labute approximate surface area is 155 Å². The van der Waals surface area contributed by atoms with Crippen LogP contribution in [0.3, 0.4) is 0 Å². The standard InChI is InChI=1S/C20H18N4O3/c1-11-17-14(7-4-8-16(17)27-18(11)19(21)25)23-24-20(26)15-10-9-12-5-2-3-6-13(12)22-15/h2-3,5-6,9-10H,4,7-8H2,1H3,(H2,21,25)(H,24,26)/b23-14+. The number of carbonyl (C=O) groups excluding carboxylic acids is 2. The van der Waals surface area contributed by atoms with Gasteiger partial charge in [0.05, 0.1) is 11.2 Å². The van der Waals surface area contributed by atoms with Crippen molar-refractivity contribution in [1.82, 2.24) is 10.4 Å². The van der Waals surface area contributed by atoms with Gasteiger partial charge in [0, 0.05) is 22.9 Å². The molecule has 7 nitrogen and oxygen atoms in total. The SMILES string of the molecule is Cc1c(C(N)=O)oc2c1/C(=N/NC(=O)c1ccc3ccccc3n1)CCC2. The van der Waals surface area contributed by atoms with Crippen LogP contribution < -0.4 is 11.2 Å². The van der Waals surface area contributed by atoms with E-state index >= 15 is 0 Å². The van der Waals surface area contributed by atoms with Gasteiger partial charge in [-0.3, -0.25) is 9.59 Å². The largest absolute Gasteiger partial charge is 0.455 e. The molecule has 136 valence electrons. The van der Waals surface area contributed by atoms with E-state index in [9.17, 15) is 9.59 Å². The van der Waals surface area contributed by atoms with Gasteiger partial charge in [0.1, 0.15) is 11.5 Å². The summed E-state index contributed by atoms with van der Waals surface area (Å²) in [6.45, 7) is 1.77. The van der Waals surface area contributed by atoms with E-state index in [1.807, 2.05) is 30.3 Å². The topological polar surface area (TPSA) is 111 Å². The first kappa shape index (κ1) is 17.0. The number of nitrogens with zero attached hydrogens (tertiary/aromatic N) is 2. The summed E-state index contributed by atoms with van der Waals surface area (Å²) < 4.78 is 5.59. The van der Waals surface area contributed by atoms with Crippen molar-refractivity contribution in [3.05, 3.63) is 64.7 Å². The third kappa shape index (κ3) is 3.08. The lowest BCUT2D eigenvalue weighted by Crippen LogP contribution is -2.23. The summed E-state index contributed by atoms with van der Waals surface area (Å²) in [5.41, 5.74) is 11.1. The summed E-state index contributed by atoms with van der Waals surface area (Å²) in [6, 6.07) is 11.1. The molecule has 2 heterocycles. The molecule has 0 radical (unpaired) electrons. The fraction of sp³-hybridized carbons (Fsp3) is 0.200. The molecule has 7 heteroatoms. The smallest absolute Gasteiger partial charge is 0.289 e. The number of hydrogen-bond acceptors (Lipinski definition) is 5. The van der Waals surface area contributed by atoms with E-state index in [0.29, 0.717) is 29.9 Å². The number of nitrogens with two attached hydrogens (primary N) is 1. The van der Waals surface area contributed by atoms with Crippen LogP contribution in [-0.4, -0.2) is 22.5 Å². The highest BCUT2D eigenvalue weighted by Gasteiger charge is 2.27. The van der Waals surface area contributed by atoms with Crippen LogP contribution in [0, 0.1) is 6.92 Å². The monoisotopic (exact) mass is 362 g/mol. The molecule has 27 heavy (non-hydrogen) atoms. The highest BCUT2D eigenvalue weighted by Crippen LogP contribution is 2.29. The molecule has 0 bridgehead atoms. The summed E-state index contributed by atoms with van der Waals surface area (Å²) in [5, 5.41) is 5.24. The first-order valence-corrected chi connectivity index (χ1v) is 8.69. The van der Waals surface area contributed by atoms with E-state index in [0.717, 1.165) is 22.9 Å². The lowest BCUT2D eigenvalue weighted by molar-refractivity contribution is 0.0947. The third-order valence-corrected chi connectivity index (χ3v) is 4.67. The Balaban J connectivity index is 1.61. The average Bonchev–Trinajstić information content (AvgIpc) is 3.03. The van der Waals surface area contributed by atoms with Crippen LogP contribution in [0.1, 0.15) is 50.8 Å². The van der Waals surface area contributed by atoms with Crippen molar-refractivity contribution in [2.24, 2.45) is 10.8 Å². The molecular weight excluding hydrogens is 344 g/mol. The number of fused-ring (bicyclic) bond motifs is 2. The second-order valence-corrected chi connectivity index (χ2v) is 6.46. The zero-order valence-corrected chi connectivity index (χ0v) is 14.8. The second kappa shape index (κ2) is 6.68. The van der Waals surface area contributed by atoms with Gasteiger partial charge >= 0.3 is 0 Å². The summed E-state index contributed by atoms with van der Waals surface area (Å²) in [7, 11) is 0. The molecule has 4 rings (SSSR count). The van der Waals surface area contributed by atoms with E-state index in [4.69, 9.17) is 10.2 Å². The van der Waals surface area contributed by atoms with E-state index in [-0.39, 0.29) is 11.5 Å². The van der Waals surface area contributed by atoms with Crippen molar-refractivity contribution < 1.29 is 14.0 Å². The number of hydrogen-bond donors (Lipinski definition) is 2. The third-order valence-electron chi connectivity index (χ3n) is 4.67. The van der Waals surface area contributed by atoms with Crippen LogP contribution in [0.4, 0.5) is 0 Å². The van der Waals surface area contributed by atoms with Crippen LogP contribution in [0.5, 0.6) is 0 Å². The summed E-state index contributed by atoms with van der Waals surface area (Å²) in [6.07, 6.45) is 2.21. The Morgan fingerprint density at radius 2 is 2.00 bits per heavy atom. The van der Waals surface area contributed by atoms with Gasteiger partial charge in [-0.1, -0.05) is 24.3 Å². The van der Waals surface area contributed by atoms with Crippen LogP contribution in [0.25, 0.3) is 10.9 Å². The zero-order chi connectivity index (χ0) is 19.0. The number of aromatic nitrogens is 1. The normalized spacial score (nSPS) is 14.9. The number of pyridine rings is 1. The Hall–Kier alpha value is -3.48. The molecule has 1 aromatic carbocycles. The number of furan rings is 1. The molecule has 0 fully saturated rings. The molecule has 0 saturated heterocycles. The fourth-order valence-electron chi connectivity index (χ4n) is 3.38. The number of nitrogens with one attached hydrogen (secondary N) is 1. The number of para-hydroxylation sites is 1. The van der Waals surface area contributed by atoms with Crippen LogP contribution >= 0.6 is 0 Å². The quantitative estimate of drug-likeness (QED) is 0.698. The lowest BCUT2D eigenvalue weighted by atomic mass is 9.93. The number of rotatable bonds is 3. The molecule has 0 atom stereocenters. The van der Waals surface area contributed by atoms with Gasteiger partial charge in [0.2, 0.25) is 0 Å². The second-order valence-electron chi connectivity index (χ2n) is 6.46. The van der Waals surface area contributed by atoms with Gasteiger partial charge in [-0.05, 0) is 31.9 Å². The molecule has 1 aliphatic carbocycles. The fourth-order valence-corrected chi connectivity index (χ4v) is 3.38. The Morgan fingerprint density at radius 1 is 1.19 bits per heavy atom. The van der Waals surface area contributed by atoms with Crippen molar-refractivity contribution in [3.8, 4) is 0 Å². The number of hydrazone groups is 1. The summed E-state index contributed by atoms with van der Waals surface area (Å²) in [5.74, 6) is -0.163. The molecule has 1 aliphatic rings. The van der Waals surface area contributed by atoms with Gasteiger partial charge in [0.15, 0.2) is 5.76 Å². The molecule has 0 unspecified atom stereocenters. The lowest BCUT2D eigenvalue weighted by Gasteiger charge is -2.13. The Morgan fingerprint density at radius 3 is 2.81 bits per heavy atom. The number of benzene rings is 1. The predicted octanol–water partition coefficient (Wildman–Crippen LogP) is 2.71. The van der Waals surface area contributed by atoms with Gasteiger partial charge in [0.25, 0.3) is 11.8 Å². The van der Waals surface area contributed by atoms with Crippen molar-refractivity contribution >= 4 is 28.4 Å².